The lowest BCUT2D eigenvalue weighted by atomic mass is 9.99. The number of anilines is 3. The van der Waals surface area contributed by atoms with Gasteiger partial charge in [-0.3, -0.25) is 0 Å². The molecule has 0 saturated carbocycles. The number of fused-ring (bicyclic) bond motifs is 1. The van der Waals surface area contributed by atoms with Gasteiger partial charge in [-0.1, -0.05) is 139 Å². The van der Waals surface area contributed by atoms with Crippen molar-refractivity contribution in [3.8, 4) is 33.4 Å². The Morgan fingerprint density at radius 3 is 1.88 bits per heavy atom. The van der Waals surface area contributed by atoms with Gasteiger partial charge in [0.2, 0.25) is 0 Å². The molecule has 0 amide bonds. The van der Waals surface area contributed by atoms with Gasteiger partial charge in [0.25, 0.3) is 0 Å². The van der Waals surface area contributed by atoms with Crippen molar-refractivity contribution >= 4 is 27.8 Å². The molecule has 7 aromatic carbocycles. The van der Waals surface area contributed by atoms with E-state index in [1.165, 1.54) is 0 Å². The molecule has 0 aliphatic heterocycles. The highest BCUT2D eigenvalue weighted by Crippen LogP contribution is 2.42. The van der Waals surface area contributed by atoms with E-state index in [9.17, 15) is 2.74 Å². The van der Waals surface area contributed by atoms with Crippen LogP contribution in [0.4, 0.5) is 17.1 Å². The van der Waals surface area contributed by atoms with Crippen LogP contribution in [0.5, 0.6) is 0 Å². The SMILES string of the molecule is [2H]c1c([2H])c([2H])c(-c2c([2H])c([2H])c(N(c3cccc(-c4ccc5ccccc5c4)c3)c3ccccc3-c3ccccc3)c([2H])c2[2H])c([2H])c1[2H]. The van der Waals surface area contributed by atoms with Gasteiger partial charge in [-0.2, -0.15) is 0 Å². The highest BCUT2D eigenvalue weighted by Gasteiger charge is 2.17. The van der Waals surface area contributed by atoms with Crippen LogP contribution in [0.25, 0.3) is 44.2 Å². The average molecular weight is 533 g/mol. The molecule has 0 aliphatic carbocycles. The highest BCUT2D eigenvalue weighted by molar-refractivity contribution is 5.91. The molecule has 1 nitrogen and oxygen atoms in total. The quantitative estimate of drug-likeness (QED) is 0.206. The zero-order valence-electron chi connectivity index (χ0n) is 31.0. The van der Waals surface area contributed by atoms with Crippen molar-refractivity contribution < 1.29 is 12.3 Å². The first-order valence-corrected chi connectivity index (χ1v) is 13.3. The molecule has 0 spiro atoms. The van der Waals surface area contributed by atoms with Gasteiger partial charge in [-0.05, 0) is 74.9 Å². The molecule has 0 N–H and O–H groups in total. The van der Waals surface area contributed by atoms with Crippen LogP contribution >= 0.6 is 0 Å². The molecule has 0 aliphatic rings. The summed E-state index contributed by atoms with van der Waals surface area (Å²) < 4.78 is 78.4. The molecule has 0 heterocycles. The van der Waals surface area contributed by atoms with Gasteiger partial charge in [0.15, 0.2) is 0 Å². The van der Waals surface area contributed by atoms with Crippen LogP contribution in [0.1, 0.15) is 12.3 Å². The zero-order chi connectivity index (χ0) is 35.3. The predicted octanol–water partition coefficient (Wildman–Crippen LogP) is 11.3. The molecule has 194 valence electrons. The van der Waals surface area contributed by atoms with E-state index in [1.807, 2.05) is 109 Å². The standard InChI is InChI=1S/C40H29N/c1-3-12-30(13-4-1)32-24-26-37(27-25-32)41(40-21-10-9-20-39(40)33-15-5-2-6-16-33)38-19-11-18-35(29-38)36-23-22-31-14-7-8-17-34(31)28-36/h1-29H/i1D,3D,4D,12D,13D,24D,25D,26D,27D. The van der Waals surface area contributed by atoms with E-state index in [4.69, 9.17) is 9.60 Å². The topological polar surface area (TPSA) is 3.24 Å². The largest absolute Gasteiger partial charge is 0.310 e. The van der Waals surface area contributed by atoms with Gasteiger partial charge < -0.3 is 4.90 Å². The van der Waals surface area contributed by atoms with Crippen molar-refractivity contribution in [2.75, 3.05) is 4.90 Å². The third-order valence-corrected chi connectivity index (χ3v) is 7.00. The summed E-state index contributed by atoms with van der Waals surface area (Å²) in [4.78, 5) is 1.71. The molecule has 7 aromatic rings. The maximum atomic E-state index is 9.34. The van der Waals surface area contributed by atoms with Gasteiger partial charge in [0.05, 0.1) is 18.0 Å². The van der Waals surface area contributed by atoms with Crippen molar-refractivity contribution in [1.29, 1.82) is 0 Å². The van der Waals surface area contributed by atoms with Crippen molar-refractivity contribution in [1.82, 2.24) is 0 Å². The highest BCUT2D eigenvalue weighted by atomic mass is 15.1. The summed E-state index contributed by atoms with van der Waals surface area (Å²) in [7, 11) is 0. The van der Waals surface area contributed by atoms with Gasteiger partial charge in [0, 0.05) is 16.9 Å². The normalized spacial score (nSPS) is 14.0. The van der Waals surface area contributed by atoms with E-state index < -0.39 is 54.4 Å². The number of hydrogen-bond donors (Lipinski definition) is 0. The molecular formula is C40H29N. The lowest BCUT2D eigenvalue weighted by molar-refractivity contribution is 1.28. The van der Waals surface area contributed by atoms with Gasteiger partial charge >= 0.3 is 0 Å². The van der Waals surface area contributed by atoms with Gasteiger partial charge in [0.1, 0.15) is 0 Å². The summed E-state index contributed by atoms with van der Waals surface area (Å²) in [5.74, 6) is 0. The van der Waals surface area contributed by atoms with Gasteiger partial charge in [-0.25, -0.2) is 0 Å². The van der Waals surface area contributed by atoms with Crippen LogP contribution in [0.2, 0.25) is 0 Å². The first-order chi connectivity index (χ1) is 24.1. The smallest absolute Gasteiger partial charge is 0.0645 e. The summed E-state index contributed by atoms with van der Waals surface area (Å²) in [5, 5.41) is 2.18. The molecule has 0 saturated heterocycles. The number of benzene rings is 7. The Hall–Kier alpha value is -5.40. The molecule has 0 atom stereocenters. The first-order valence-electron chi connectivity index (χ1n) is 17.8. The Morgan fingerprint density at radius 2 is 1.05 bits per heavy atom. The molecule has 1 heteroatoms. The van der Waals surface area contributed by atoms with Crippen LogP contribution < -0.4 is 4.90 Å². The minimum atomic E-state index is -0.620. The van der Waals surface area contributed by atoms with Crippen molar-refractivity contribution in [2.45, 2.75) is 0 Å². The zero-order valence-corrected chi connectivity index (χ0v) is 22.0. The van der Waals surface area contributed by atoms with E-state index in [0.717, 1.165) is 33.0 Å². The van der Waals surface area contributed by atoms with Crippen LogP contribution in [-0.2, 0) is 0 Å². The number of rotatable bonds is 6. The molecule has 41 heavy (non-hydrogen) atoms. The van der Waals surface area contributed by atoms with E-state index in [1.54, 1.807) is 4.90 Å². The lowest BCUT2D eigenvalue weighted by Crippen LogP contribution is -2.11. The summed E-state index contributed by atoms with van der Waals surface area (Å²) in [5.41, 5.74) is 3.90. The second kappa shape index (κ2) is 11.0. The van der Waals surface area contributed by atoms with Crippen LogP contribution in [0.15, 0.2) is 176 Å². The molecule has 7 rings (SSSR count). The van der Waals surface area contributed by atoms with E-state index >= 15 is 0 Å². The number of hydrogen-bond acceptors (Lipinski definition) is 1. The van der Waals surface area contributed by atoms with Crippen molar-refractivity contribution in [2.24, 2.45) is 0 Å². The van der Waals surface area contributed by atoms with Crippen molar-refractivity contribution in [3.63, 3.8) is 0 Å². The van der Waals surface area contributed by atoms with E-state index in [-0.39, 0.29) is 16.8 Å². The third-order valence-electron chi connectivity index (χ3n) is 7.00. The molecular weight excluding hydrogens is 494 g/mol. The van der Waals surface area contributed by atoms with E-state index in [2.05, 4.69) is 12.1 Å². The number of para-hydroxylation sites is 1. The minimum absolute atomic E-state index is 0.0461. The maximum Gasteiger partial charge on any atom is 0.0645 e. The van der Waals surface area contributed by atoms with Gasteiger partial charge in [-0.15, -0.1) is 0 Å². The Morgan fingerprint density at radius 1 is 0.390 bits per heavy atom. The van der Waals surface area contributed by atoms with Crippen LogP contribution in [0.3, 0.4) is 0 Å². The summed E-state index contributed by atoms with van der Waals surface area (Å²) in [6.07, 6.45) is 0. The molecule has 0 unspecified atom stereocenters. The second-order valence-corrected chi connectivity index (χ2v) is 9.55. The first kappa shape index (κ1) is 16.6. The Balaban J connectivity index is 1.51. The fourth-order valence-electron chi connectivity index (χ4n) is 5.03. The summed E-state index contributed by atoms with van der Waals surface area (Å²) >= 11 is 0. The Bertz CT molecular complexity index is 2390. The molecule has 0 fully saturated rings. The summed E-state index contributed by atoms with van der Waals surface area (Å²) in [6.45, 7) is 0. The fourth-order valence-corrected chi connectivity index (χ4v) is 5.03. The molecule has 0 radical (unpaired) electrons. The van der Waals surface area contributed by atoms with Crippen LogP contribution in [0, 0.1) is 0 Å². The average Bonchev–Trinajstić information content (AvgIpc) is 3.15. The molecule has 0 aromatic heterocycles. The van der Waals surface area contributed by atoms with Crippen LogP contribution in [-0.4, -0.2) is 0 Å². The second-order valence-electron chi connectivity index (χ2n) is 9.55. The molecule has 0 bridgehead atoms. The fraction of sp³-hybridized carbons (Fsp3) is 0. The predicted molar refractivity (Wildman–Crippen MR) is 175 cm³/mol. The van der Waals surface area contributed by atoms with Crippen molar-refractivity contribution in [3.05, 3.63) is 176 Å². The maximum absolute atomic E-state index is 9.34. The monoisotopic (exact) mass is 532 g/mol. The minimum Gasteiger partial charge on any atom is -0.310 e. The third kappa shape index (κ3) is 5.02. The number of nitrogens with zero attached hydrogens (tertiary/aromatic N) is 1. The summed E-state index contributed by atoms with van der Waals surface area (Å²) in [6, 6.07) is 34.2. The lowest BCUT2D eigenvalue weighted by Gasteiger charge is -2.28. The Labute approximate surface area is 254 Å². The van der Waals surface area contributed by atoms with E-state index in [0.29, 0.717) is 11.4 Å². The Kier molecular flexibility index (Phi) is 4.46.